The SMILES string of the molecule is CC(NC(=O)OCC1c2ccccc2-c2ccccc21)C(=O)NC1(CC(=O)O)CCSCC1. The summed E-state index contributed by atoms with van der Waals surface area (Å²) in [5, 5.41) is 14.8. The van der Waals surface area contributed by atoms with Gasteiger partial charge in [0.15, 0.2) is 0 Å². The number of carbonyl (C=O) groups excluding carboxylic acids is 2. The van der Waals surface area contributed by atoms with Gasteiger partial charge >= 0.3 is 12.1 Å². The van der Waals surface area contributed by atoms with Crippen molar-refractivity contribution in [3.63, 3.8) is 0 Å². The third-order valence-electron chi connectivity index (χ3n) is 6.40. The highest BCUT2D eigenvalue weighted by atomic mass is 32.2. The summed E-state index contributed by atoms with van der Waals surface area (Å²) in [7, 11) is 0. The van der Waals surface area contributed by atoms with Crippen molar-refractivity contribution in [1.82, 2.24) is 10.6 Å². The number of alkyl carbamates (subject to hydrolysis) is 1. The first-order chi connectivity index (χ1) is 15.9. The minimum Gasteiger partial charge on any atom is -0.481 e. The second-order valence-electron chi connectivity index (χ2n) is 8.64. The van der Waals surface area contributed by atoms with E-state index in [9.17, 15) is 19.5 Å². The predicted octanol–water partition coefficient (Wildman–Crippen LogP) is 3.77. The highest BCUT2D eigenvalue weighted by molar-refractivity contribution is 7.99. The maximum atomic E-state index is 12.7. The van der Waals surface area contributed by atoms with Crippen molar-refractivity contribution in [2.45, 2.75) is 43.7 Å². The molecule has 33 heavy (non-hydrogen) atoms. The molecule has 2 aromatic carbocycles. The van der Waals surface area contributed by atoms with Gasteiger partial charge in [0, 0.05) is 5.92 Å². The minimum atomic E-state index is -0.945. The van der Waals surface area contributed by atoms with Gasteiger partial charge < -0.3 is 20.5 Å². The summed E-state index contributed by atoms with van der Waals surface area (Å²) in [6, 6.07) is 15.3. The van der Waals surface area contributed by atoms with Crippen molar-refractivity contribution >= 4 is 29.7 Å². The average Bonchev–Trinajstić information content (AvgIpc) is 3.11. The Morgan fingerprint density at radius 1 is 1.06 bits per heavy atom. The van der Waals surface area contributed by atoms with Crippen molar-refractivity contribution in [2.75, 3.05) is 18.1 Å². The number of hydrogen-bond acceptors (Lipinski definition) is 5. The number of benzene rings is 2. The number of rotatable bonds is 7. The van der Waals surface area contributed by atoms with Crippen LogP contribution in [0.15, 0.2) is 48.5 Å². The maximum absolute atomic E-state index is 12.7. The van der Waals surface area contributed by atoms with E-state index in [4.69, 9.17) is 4.74 Å². The van der Waals surface area contributed by atoms with Crippen molar-refractivity contribution in [3.8, 4) is 11.1 Å². The molecule has 1 aliphatic heterocycles. The molecule has 1 atom stereocenters. The summed E-state index contributed by atoms with van der Waals surface area (Å²) >= 11 is 1.75. The van der Waals surface area contributed by atoms with Crippen LogP contribution in [0.5, 0.6) is 0 Å². The van der Waals surface area contributed by atoms with Gasteiger partial charge in [0.05, 0.1) is 12.0 Å². The van der Waals surface area contributed by atoms with E-state index in [0.29, 0.717) is 12.8 Å². The molecule has 2 aromatic rings. The van der Waals surface area contributed by atoms with Crippen LogP contribution < -0.4 is 10.6 Å². The normalized spacial score (nSPS) is 17.4. The Bertz CT molecular complexity index is 1010. The number of hydrogen-bond donors (Lipinski definition) is 3. The molecule has 1 fully saturated rings. The van der Waals surface area contributed by atoms with E-state index in [-0.39, 0.29) is 18.9 Å². The number of amides is 2. The second-order valence-corrected chi connectivity index (χ2v) is 9.87. The van der Waals surface area contributed by atoms with Crippen molar-refractivity contribution < 1.29 is 24.2 Å². The first-order valence-corrected chi connectivity index (χ1v) is 12.3. The number of fused-ring (bicyclic) bond motifs is 3. The predicted molar refractivity (Wildman–Crippen MR) is 127 cm³/mol. The first kappa shape index (κ1) is 23.2. The summed E-state index contributed by atoms with van der Waals surface area (Å²) < 4.78 is 5.51. The number of thioether (sulfide) groups is 1. The zero-order valence-corrected chi connectivity index (χ0v) is 19.3. The third kappa shape index (κ3) is 5.16. The van der Waals surface area contributed by atoms with Crippen LogP contribution in [0.3, 0.4) is 0 Å². The van der Waals surface area contributed by atoms with E-state index in [1.807, 2.05) is 36.4 Å². The zero-order valence-electron chi connectivity index (χ0n) is 18.5. The number of aliphatic carboxylic acids is 1. The lowest BCUT2D eigenvalue weighted by Crippen LogP contribution is -2.57. The third-order valence-corrected chi connectivity index (χ3v) is 7.38. The molecule has 0 spiro atoms. The van der Waals surface area contributed by atoms with Crippen LogP contribution in [0.2, 0.25) is 0 Å². The topological polar surface area (TPSA) is 105 Å². The number of carboxylic acid groups (broad SMARTS) is 1. The van der Waals surface area contributed by atoms with Crippen LogP contribution in [-0.4, -0.2) is 52.8 Å². The van der Waals surface area contributed by atoms with Crippen molar-refractivity contribution in [2.24, 2.45) is 0 Å². The summed E-state index contributed by atoms with van der Waals surface area (Å²) in [6.45, 7) is 1.73. The Hall–Kier alpha value is -3.00. The van der Waals surface area contributed by atoms with Crippen molar-refractivity contribution in [1.29, 1.82) is 0 Å². The van der Waals surface area contributed by atoms with Gasteiger partial charge in [0.2, 0.25) is 5.91 Å². The molecule has 2 aliphatic rings. The molecule has 8 heteroatoms. The Morgan fingerprint density at radius 2 is 1.64 bits per heavy atom. The van der Waals surface area contributed by atoms with Crippen LogP contribution in [0.25, 0.3) is 11.1 Å². The molecule has 174 valence electrons. The van der Waals surface area contributed by atoms with Crippen LogP contribution in [0.4, 0.5) is 4.79 Å². The molecular formula is C25H28N2O5S. The molecule has 1 heterocycles. The van der Waals surface area contributed by atoms with E-state index in [2.05, 4.69) is 22.8 Å². The number of carboxylic acids is 1. The molecule has 1 aliphatic carbocycles. The number of ether oxygens (including phenoxy) is 1. The molecule has 0 aromatic heterocycles. The first-order valence-electron chi connectivity index (χ1n) is 11.1. The second kappa shape index (κ2) is 9.87. The van der Waals surface area contributed by atoms with E-state index in [0.717, 1.165) is 33.8 Å². The van der Waals surface area contributed by atoms with Crippen LogP contribution in [0.1, 0.15) is 43.2 Å². The fourth-order valence-corrected chi connectivity index (χ4v) is 5.92. The molecule has 1 saturated heterocycles. The highest BCUT2D eigenvalue weighted by Crippen LogP contribution is 2.44. The summed E-state index contributed by atoms with van der Waals surface area (Å²) in [6.07, 6.45) is 0.378. The van der Waals surface area contributed by atoms with E-state index >= 15 is 0 Å². The lowest BCUT2D eigenvalue weighted by molar-refractivity contribution is -0.139. The Morgan fingerprint density at radius 3 is 2.21 bits per heavy atom. The number of nitrogens with one attached hydrogen (secondary N) is 2. The van der Waals surface area contributed by atoms with Gasteiger partial charge in [0.1, 0.15) is 12.6 Å². The lowest BCUT2D eigenvalue weighted by Gasteiger charge is -2.37. The molecular weight excluding hydrogens is 440 g/mol. The Labute approximate surface area is 197 Å². The molecule has 1 unspecified atom stereocenters. The molecule has 0 saturated carbocycles. The fraction of sp³-hybridized carbons (Fsp3) is 0.400. The highest BCUT2D eigenvalue weighted by Gasteiger charge is 2.37. The molecule has 2 amide bonds. The molecule has 7 nitrogen and oxygen atoms in total. The average molecular weight is 469 g/mol. The van der Waals surface area contributed by atoms with Crippen LogP contribution >= 0.6 is 11.8 Å². The summed E-state index contributed by atoms with van der Waals surface area (Å²) in [5.41, 5.74) is 3.74. The fourth-order valence-electron chi connectivity index (χ4n) is 4.65. The van der Waals surface area contributed by atoms with E-state index in [1.54, 1.807) is 18.7 Å². The largest absolute Gasteiger partial charge is 0.481 e. The quantitative estimate of drug-likeness (QED) is 0.571. The Kier molecular flexibility index (Phi) is 6.93. The van der Waals surface area contributed by atoms with E-state index < -0.39 is 29.6 Å². The van der Waals surface area contributed by atoms with Gasteiger partial charge in [-0.05, 0) is 53.5 Å². The van der Waals surface area contributed by atoms with Crippen molar-refractivity contribution in [3.05, 3.63) is 59.7 Å². The monoisotopic (exact) mass is 468 g/mol. The molecule has 0 radical (unpaired) electrons. The molecule has 4 rings (SSSR count). The van der Waals surface area contributed by atoms with Crippen LogP contribution in [-0.2, 0) is 14.3 Å². The van der Waals surface area contributed by atoms with Gasteiger partial charge in [-0.15, -0.1) is 0 Å². The van der Waals surface area contributed by atoms with Gasteiger partial charge in [-0.1, -0.05) is 48.5 Å². The lowest BCUT2D eigenvalue weighted by atomic mass is 9.88. The van der Waals surface area contributed by atoms with Gasteiger partial charge in [-0.2, -0.15) is 11.8 Å². The van der Waals surface area contributed by atoms with Gasteiger partial charge in [-0.25, -0.2) is 4.79 Å². The van der Waals surface area contributed by atoms with Gasteiger partial charge in [-0.3, -0.25) is 9.59 Å². The number of carbonyl (C=O) groups is 3. The standard InChI is InChI=1S/C25H28N2O5S/c1-16(23(30)27-25(14-22(28)29)10-12-33-13-11-25)26-24(31)32-15-21-19-8-4-2-6-17(19)18-7-3-5-9-20(18)21/h2-9,16,21H,10-15H2,1H3,(H,26,31)(H,27,30)(H,28,29). The molecule has 0 bridgehead atoms. The van der Waals surface area contributed by atoms with E-state index in [1.165, 1.54) is 0 Å². The smallest absolute Gasteiger partial charge is 0.407 e. The molecule has 3 N–H and O–H groups in total. The maximum Gasteiger partial charge on any atom is 0.407 e. The zero-order chi connectivity index (χ0) is 23.4. The minimum absolute atomic E-state index is 0.0640. The summed E-state index contributed by atoms with van der Waals surface area (Å²) in [5.74, 6) is 0.172. The summed E-state index contributed by atoms with van der Waals surface area (Å²) in [4.78, 5) is 36.6. The van der Waals surface area contributed by atoms with Gasteiger partial charge in [0.25, 0.3) is 0 Å². The van der Waals surface area contributed by atoms with Crippen LogP contribution in [0, 0.1) is 0 Å². The Balaban J connectivity index is 1.35.